The zero-order chi connectivity index (χ0) is 13.2. The van der Waals surface area contributed by atoms with Crippen LogP contribution < -0.4 is 0 Å². The van der Waals surface area contributed by atoms with Crippen molar-refractivity contribution in [1.82, 2.24) is 0 Å². The van der Waals surface area contributed by atoms with E-state index in [2.05, 4.69) is 16.6 Å². The largest absolute Gasteiger partial charge is 0.462 e. The minimum Gasteiger partial charge on any atom is -0.462 e. The van der Waals surface area contributed by atoms with Crippen molar-refractivity contribution in [3.8, 4) is 0 Å². The van der Waals surface area contributed by atoms with E-state index >= 15 is 0 Å². The van der Waals surface area contributed by atoms with Crippen LogP contribution in [0.15, 0.2) is 39.9 Å². The lowest BCUT2D eigenvalue weighted by Gasteiger charge is -2.07. The van der Waals surface area contributed by atoms with Crippen molar-refractivity contribution in [2.75, 3.05) is 13.2 Å². The van der Waals surface area contributed by atoms with Gasteiger partial charge in [-0.15, -0.1) is 0 Å². The summed E-state index contributed by atoms with van der Waals surface area (Å²) in [5, 5.41) is 4.03. The van der Waals surface area contributed by atoms with E-state index in [0.29, 0.717) is 18.8 Å². The Bertz CT molecular complexity index is 574. The van der Waals surface area contributed by atoms with E-state index in [9.17, 15) is 4.79 Å². The first kappa shape index (κ1) is 12.0. The maximum absolute atomic E-state index is 11.5. The molecule has 98 valence electrons. The maximum Gasteiger partial charge on any atom is 0.346 e. The van der Waals surface area contributed by atoms with Crippen LogP contribution in [0.5, 0.6) is 0 Å². The fourth-order valence-corrected chi connectivity index (χ4v) is 2.22. The number of carbonyl (C=O) groups is 1. The van der Waals surface area contributed by atoms with Crippen LogP contribution in [0, 0.1) is 5.92 Å². The van der Waals surface area contributed by atoms with Crippen LogP contribution in [-0.2, 0) is 19.1 Å². The highest BCUT2D eigenvalue weighted by Crippen LogP contribution is 2.32. The standard InChI is InChI=1S/C14H13NO4/c1-2-17-13(16)10-5-3-9(4-6-10)12-11-7-8-18-14(11)19-15-12/h3,5,11,14H,2,7-8H2,1H3. The molecule has 0 N–H and O–H groups in total. The van der Waals surface area contributed by atoms with Crippen LogP contribution in [-0.4, -0.2) is 31.2 Å². The van der Waals surface area contributed by atoms with Crippen LogP contribution in [0.2, 0.25) is 0 Å². The predicted molar refractivity (Wildman–Crippen MR) is 66.2 cm³/mol. The van der Waals surface area contributed by atoms with Gasteiger partial charge in [0.25, 0.3) is 0 Å². The Morgan fingerprint density at radius 2 is 2.42 bits per heavy atom. The summed E-state index contributed by atoms with van der Waals surface area (Å²) in [6.07, 6.45) is 4.06. The predicted octanol–water partition coefficient (Wildman–Crippen LogP) is 1.47. The molecule has 3 aliphatic rings. The van der Waals surface area contributed by atoms with Crippen molar-refractivity contribution in [3.63, 3.8) is 0 Å². The second kappa shape index (κ2) is 4.90. The van der Waals surface area contributed by atoms with Gasteiger partial charge in [-0.2, -0.15) is 0 Å². The van der Waals surface area contributed by atoms with Crippen molar-refractivity contribution in [2.45, 2.75) is 19.6 Å². The third kappa shape index (κ3) is 2.15. The van der Waals surface area contributed by atoms with Crippen molar-refractivity contribution in [3.05, 3.63) is 34.8 Å². The van der Waals surface area contributed by atoms with Gasteiger partial charge in [0.1, 0.15) is 11.3 Å². The molecule has 1 fully saturated rings. The molecule has 2 atom stereocenters. The minimum absolute atomic E-state index is 0.151. The Labute approximate surface area is 110 Å². The van der Waals surface area contributed by atoms with E-state index in [1.807, 2.05) is 0 Å². The molecule has 3 rings (SSSR count). The molecule has 0 aromatic carbocycles. The number of hydrogen-bond donors (Lipinski definition) is 0. The van der Waals surface area contributed by atoms with Crippen LogP contribution in [0.4, 0.5) is 0 Å². The van der Waals surface area contributed by atoms with Gasteiger partial charge in [-0.1, -0.05) is 16.6 Å². The first-order valence-corrected chi connectivity index (χ1v) is 6.26. The SMILES string of the molecule is CCOC(=O)C1=C=C=C(C2=NOC3OCCC23)C=C1. The molecule has 0 aromatic heterocycles. The number of fused-ring (bicyclic) bond motifs is 1. The molecule has 5 nitrogen and oxygen atoms in total. The number of carbonyl (C=O) groups excluding carboxylic acids is 1. The Balaban J connectivity index is 1.86. The Kier molecular flexibility index (Phi) is 3.10. The third-order valence-corrected chi connectivity index (χ3v) is 3.17. The van der Waals surface area contributed by atoms with Crippen molar-refractivity contribution >= 4 is 11.7 Å². The first-order chi connectivity index (χ1) is 9.29. The molecule has 2 aliphatic heterocycles. The minimum atomic E-state index is -0.392. The normalized spacial score (nSPS) is 27.3. The van der Waals surface area contributed by atoms with Crippen molar-refractivity contribution in [1.29, 1.82) is 0 Å². The van der Waals surface area contributed by atoms with Crippen LogP contribution in [0.3, 0.4) is 0 Å². The van der Waals surface area contributed by atoms with Gasteiger partial charge in [0.05, 0.1) is 24.7 Å². The Morgan fingerprint density at radius 1 is 1.53 bits per heavy atom. The highest BCUT2D eigenvalue weighted by molar-refractivity contribution is 6.05. The summed E-state index contributed by atoms with van der Waals surface area (Å²) < 4.78 is 10.3. The second-order valence-corrected chi connectivity index (χ2v) is 4.35. The third-order valence-electron chi connectivity index (χ3n) is 3.17. The second-order valence-electron chi connectivity index (χ2n) is 4.35. The topological polar surface area (TPSA) is 57.1 Å². The van der Waals surface area contributed by atoms with Gasteiger partial charge in [0.15, 0.2) is 0 Å². The lowest BCUT2D eigenvalue weighted by Crippen LogP contribution is -2.19. The molecular formula is C14H13NO4. The zero-order valence-electron chi connectivity index (χ0n) is 10.5. The molecule has 2 heterocycles. The van der Waals surface area contributed by atoms with Gasteiger partial charge in [-0.05, 0) is 25.5 Å². The van der Waals surface area contributed by atoms with E-state index in [0.717, 1.165) is 17.7 Å². The van der Waals surface area contributed by atoms with E-state index in [1.165, 1.54) is 0 Å². The maximum atomic E-state index is 11.5. The summed E-state index contributed by atoms with van der Waals surface area (Å²) in [5.74, 6) is -0.241. The fraction of sp³-hybridized carbons (Fsp3) is 0.429. The van der Waals surface area contributed by atoms with Crippen molar-refractivity contribution < 1.29 is 19.1 Å². The lowest BCUT2D eigenvalue weighted by atomic mass is 9.94. The molecule has 0 aromatic rings. The van der Waals surface area contributed by atoms with E-state index in [1.54, 1.807) is 19.1 Å². The van der Waals surface area contributed by atoms with Gasteiger partial charge in [-0.25, -0.2) is 4.79 Å². The molecular weight excluding hydrogens is 246 g/mol. The summed E-state index contributed by atoms with van der Waals surface area (Å²) >= 11 is 0. The summed E-state index contributed by atoms with van der Waals surface area (Å²) in [4.78, 5) is 16.7. The number of esters is 1. The number of ether oxygens (including phenoxy) is 2. The molecule has 2 unspecified atom stereocenters. The van der Waals surface area contributed by atoms with Gasteiger partial charge in [0.2, 0.25) is 6.29 Å². The summed E-state index contributed by atoms with van der Waals surface area (Å²) in [5.41, 5.74) is 7.70. The molecule has 5 heteroatoms. The quantitative estimate of drug-likeness (QED) is 0.569. The Hall–Kier alpha value is -2.06. The van der Waals surface area contributed by atoms with Gasteiger partial charge in [0, 0.05) is 0 Å². The van der Waals surface area contributed by atoms with Gasteiger partial charge >= 0.3 is 5.97 Å². The first-order valence-electron chi connectivity index (χ1n) is 6.26. The van der Waals surface area contributed by atoms with E-state index in [-0.39, 0.29) is 12.2 Å². The molecule has 0 amide bonds. The summed E-state index contributed by atoms with van der Waals surface area (Å²) in [7, 11) is 0. The summed E-state index contributed by atoms with van der Waals surface area (Å²) in [6.45, 7) is 2.79. The highest BCUT2D eigenvalue weighted by Gasteiger charge is 2.40. The number of nitrogens with zero attached hydrogens (tertiary/aromatic N) is 1. The van der Waals surface area contributed by atoms with Gasteiger partial charge in [-0.3, -0.25) is 0 Å². The zero-order valence-corrected chi connectivity index (χ0v) is 10.5. The lowest BCUT2D eigenvalue weighted by molar-refractivity contribution is -0.138. The van der Waals surface area contributed by atoms with Gasteiger partial charge < -0.3 is 14.3 Å². The molecule has 1 saturated heterocycles. The fourth-order valence-electron chi connectivity index (χ4n) is 2.22. The van der Waals surface area contributed by atoms with Crippen LogP contribution in [0.25, 0.3) is 0 Å². The molecule has 19 heavy (non-hydrogen) atoms. The van der Waals surface area contributed by atoms with Crippen LogP contribution in [0.1, 0.15) is 13.3 Å². The van der Waals surface area contributed by atoms with E-state index in [4.69, 9.17) is 14.3 Å². The smallest absolute Gasteiger partial charge is 0.346 e. The summed E-state index contributed by atoms with van der Waals surface area (Å²) in [6, 6.07) is 0. The average molecular weight is 259 g/mol. The number of rotatable bonds is 3. The molecule has 0 radical (unpaired) electrons. The number of allylic oxidation sites excluding steroid dienone is 2. The van der Waals surface area contributed by atoms with Crippen LogP contribution >= 0.6 is 0 Å². The van der Waals surface area contributed by atoms with E-state index < -0.39 is 5.97 Å². The molecule has 1 aliphatic carbocycles. The number of oxime groups is 1. The average Bonchev–Trinajstić information content (AvgIpc) is 3.01. The monoisotopic (exact) mass is 259 g/mol. The Morgan fingerprint density at radius 3 is 3.16 bits per heavy atom. The highest BCUT2D eigenvalue weighted by atomic mass is 16.8. The van der Waals surface area contributed by atoms with Crippen molar-refractivity contribution in [2.24, 2.45) is 11.1 Å². The molecule has 0 saturated carbocycles. The molecule has 0 spiro atoms. The number of hydrogen-bond acceptors (Lipinski definition) is 5. The molecule has 0 bridgehead atoms.